The molecule has 2 aliphatic rings. The van der Waals surface area contributed by atoms with Gasteiger partial charge in [-0.25, -0.2) is 9.37 Å². The summed E-state index contributed by atoms with van der Waals surface area (Å²) in [5.41, 5.74) is 3.60. The van der Waals surface area contributed by atoms with E-state index in [9.17, 15) is 9.60 Å². The minimum Gasteiger partial charge on any atom is -0.493 e. The maximum absolute atomic E-state index is 14.7. The maximum atomic E-state index is 14.7. The highest BCUT2D eigenvalue weighted by Crippen LogP contribution is 2.41. The number of nitrogens with one attached hydrogen (secondary N) is 1. The smallest absolute Gasteiger partial charge is 0.199 e. The molecule has 1 saturated heterocycles. The lowest BCUT2D eigenvalue weighted by molar-refractivity contribution is 0.0436. The Bertz CT molecular complexity index is 741. The number of hydrogen-bond donors (Lipinski definition) is 2. The van der Waals surface area contributed by atoms with Crippen molar-refractivity contribution >= 4 is 28.4 Å². The van der Waals surface area contributed by atoms with Gasteiger partial charge in [-0.15, -0.1) is 11.3 Å². The summed E-state index contributed by atoms with van der Waals surface area (Å²) in [7, 11) is 0. The van der Waals surface area contributed by atoms with Gasteiger partial charge in [0.1, 0.15) is 11.6 Å². The van der Waals surface area contributed by atoms with Gasteiger partial charge < -0.3 is 4.74 Å². The highest BCUT2D eigenvalue weighted by molar-refractivity contribution is 7.97. The second-order valence-corrected chi connectivity index (χ2v) is 8.25. The molecule has 2 aromatic rings. The van der Waals surface area contributed by atoms with Gasteiger partial charge in [0.25, 0.3) is 0 Å². The molecule has 0 aliphatic carbocycles. The first-order valence-corrected chi connectivity index (χ1v) is 10.4. The van der Waals surface area contributed by atoms with E-state index in [1.807, 2.05) is 0 Å². The fourth-order valence-corrected chi connectivity index (χ4v) is 4.72. The van der Waals surface area contributed by atoms with Crippen molar-refractivity contribution in [2.24, 2.45) is 0 Å². The van der Waals surface area contributed by atoms with E-state index in [0.29, 0.717) is 22.4 Å². The number of anilines is 1. The Morgan fingerprint density at radius 1 is 1.35 bits per heavy atom. The first-order chi connectivity index (χ1) is 12.7. The number of ether oxygens (including phenoxy) is 1. The third-order valence-corrected chi connectivity index (χ3v) is 6.16. The lowest BCUT2D eigenvalue weighted by Gasteiger charge is -2.38. The van der Waals surface area contributed by atoms with E-state index in [0.717, 1.165) is 41.6 Å². The zero-order valence-corrected chi connectivity index (χ0v) is 15.9. The predicted molar refractivity (Wildman–Crippen MR) is 99.9 cm³/mol. The molecule has 2 N–H and O–H groups in total. The van der Waals surface area contributed by atoms with Crippen LogP contribution in [0.1, 0.15) is 37.3 Å². The highest BCUT2D eigenvalue weighted by Gasteiger charge is 2.29. The van der Waals surface area contributed by atoms with Crippen LogP contribution in [0.2, 0.25) is 0 Å². The quantitative estimate of drug-likeness (QED) is 0.577. The van der Waals surface area contributed by atoms with E-state index in [2.05, 4.69) is 15.3 Å². The summed E-state index contributed by atoms with van der Waals surface area (Å²) in [6, 6.07) is 3.46. The number of hydrogen-bond acceptors (Lipinski definition) is 8. The molecule has 6 nitrogen and oxygen atoms in total. The van der Waals surface area contributed by atoms with Crippen molar-refractivity contribution in [1.82, 2.24) is 14.5 Å². The molecule has 1 fully saturated rings. The molecule has 1 aromatic carbocycles. The number of piperidine rings is 1. The van der Waals surface area contributed by atoms with Gasteiger partial charge in [0, 0.05) is 41.6 Å². The molecule has 0 bridgehead atoms. The Morgan fingerprint density at radius 2 is 2.19 bits per heavy atom. The number of aromatic nitrogens is 1. The highest BCUT2D eigenvalue weighted by atomic mass is 32.2. The van der Waals surface area contributed by atoms with Crippen LogP contribution in [0.5, 0.6) is 5.75 Å². The Labute approximate surface area is 160 Å². The van der Waals surface area contributed by atoms with Gasteiger partial charge in [-0.3, -0.25) is 15.5 Å². The van der Waals surface area contributed by atoms with Crippen LogP contribution < -0.4 is 10.2 Å². The lowest BCUT2D eigenvalue weighted by Crippen LogP contribution is -2.36. The summed E-state index contributed by atoms with van der Waals surface area (Å²) >= 11 is 2.20. The Hall–Kier alpha value is -1.39. The summed E-state index contributed by atoms with van der Waals surface area (Å²) in [5.74, 6) is 0.347. The van der Waals surface area contributed by atoms with Crippen molar-refractivity contribution in [2.45, 2.75) is 36.6 Å². The number of nitrogens with zero attached hydrogens (tertiary/aromatic N) is 3. The van der Waals surface area contributed by atoms with E-state index in [1.165, 1.54) is 30.6 Å². The maximum Gasteiger partial charge on any atom is 0.199 e. The molecule has 0 radical (unpaired) electrons. The standard InChI is InChI=1S/C17H21FN4O2S2/c18-13-10-12-14(21-6-2-1-3-7-21)4-8-24-15(12)11-16(13)26-22(23)20-17-19-5-9-25-17/h5,9-11,14,23H,1-4,6-8H2,(H,19,20). The third-order valence-electron chi connectivity index (χ3n) is 4.71. The van der Waals surface area contributed by atoms with Crippen LogP contribution in [0, 0.1) is 5.82 Å². The number of fused-ring (bicyclic) bond motifs is 1. The minimum atomic E-state index is -0.360. The normalized spacial score (nSPS) is 20.7. The number of rotatable bonds is 5. The largest absolute Gasteiger partial charge is 0.493 e. The monoisotopic (exact) mass is 396 g/mol. The summed E-state index contributed by atoms with van der Waals surface area (Å²) in [4.78, 5) is 6.77. The average Bonchev–Trinajstić information content (AvgIpc) is 3.15. The van der Waals surface area contributed by atoms with Gasteiger partial charge >= 0.3 is 0 Å². The fraction of sp³-hybridized carbons (Fsp3) is 0.471. The average molecular weight is 397 g/mol. The fourth-order valence-electron chi connectivity index (χ4n) is 3.53. The van der Waals surface area contributed by atoms with Gasteiger partial charge in [0.05, 0.1) is 11.5 Å². The van der Waals surface area contributed by atoms with Crippen molar-refractivity contribution in [3.8, 4) is 5.75 Å². The van der Waals surface area contributed by atoms with Gasteiger partial charge in [-0.2, -0.15) is 0 Å². The van der Waals surface area contributed by atoms with Crippen molar-refractivity contribution in [2.75, 3.05) is 25.1 Å². The van der Waals surface area contributed by atoms with Crippen molar-refractivity contribution in [3.63, 3.8) is 0 Å². The summed E-state index contributed by atoms with van der Waals surface area (Å²) in [6.07, 6.45) is 6.18. The number of hydrazine groups is 1. The predicted octanol–water partition coefficient (Wildman–Crippen LogP) is 4.32. The Kier molecular flexibility index (Phi) is 5.60. The van der Waals surface area contributed by atoms with Gasteiger partial charge in [-0.1, -0.05) is 6.42 Å². The topological polar surface area (TPSA) is 60.9 Å². The van der Waals surface area contributed by atoms with E-state index < -0.39 is 0 Å². The van der Waals surface area contributed by atoms with Gasteiger partial charge in [0.2, 0.25) is 0 Å². The van der Waals surface area contributed by atoms with E-state index in [-0.39, 0.29) is 11.9 Å². The summed E-state index contributed by atoms with van der Waals surface area (Å²) in [6.45, 7) is 2.75. The van der Waals surface area contributed by atoms with E-state index >= 15 is 0 Å². The molecule has 0 saturated carbocycles. The molecule has 9 heteroatoms. The molecular weight excluding hydrogens is 375 g/mol. The molecule has 140 valence electrons. The molecule has 2 aliphatic heterocycles. The summed E-state index contributed by atoms with van der Waals surface area (Å²) in [5, 5.41) is 12.3. The molecule has 1 aromatic heterocycles. The minimum absolute atomic E-state index is 0.214. The molecule has 26 heavy (non-hydrogen) atoms. The zero-order valence-electron chi connectivity index (χ0n) is 14.2. The number of halogens is 1. The zero-order chi connectivity index (χ0) is 17.9. The van der Waals surface area contributed by atoms with Crippen LogP contribution in [0.4, 0.5) is 9.52 Å². The van der Waals surface area contributed by atoms with E-state index in [4.69, 9.17) is 4.74 Å². The van der Waals surface area contributed by atoms with Crippen LogP contribution in [0.3, 0.4) is 0 Å². The van der Waals surface area contributed by atoms with Crippen LogP contribution in [-0.4, -0.2) is 39.4 Å². The second-order valence-electron chi connectivity index (χ2n) is 6.38. The molecule has 3 heterocycles. The third kappa shape index (κ3) is 3.96. The molecule has 0 amide bonds. The number of benzene rings is 1. The number of likely N-dealkylation sites (tertiary alicyclic amines) is 1. The molecule has 4 rings (SSSR count). The summed E-state index contributed by atoms with van der Waals surface area (Å²) < 4.78 is 21.2. The van der Waals surface area contributed by atoms with Gasteiger partial charge in [-0.05, 0) is 42.6 Å². The van der Waals surface area contributed by atoms with Crippen LogP contribution in [-0.2, 0) is 0 Å². The Morgan fingerprint density at radius 3 is 2.96 bits per heavy atom. The SMILES string of the molecule is ON(Nc1nccs1)Sc1cc2c(cc1F)C(N1CCCCC1)CCO2. The van der Waals surface area contributed by atoms with Crippen LogP contribution >= 0.6 is 23.3 Å². The molecule has 1 atom stereocenters. The lowest BCUT2D eigenvalue weighted by atomic mass is 9.96. The van der Waals surface area contributed by atoms with Crippen LogP contribution in [0.25, 0.3) is 0 Å². The first kappa shape index (κ1) is 18.0. The van der Waals surface area contributed by atoms with Crippen molar-refractivity contribution in [1.29, 1.82) is 0 Å². The van der Waals surface area contributed by atoms with Crippen molar-refractivity contribution in [3.05, 3.63) is 35.1 Å². The molecule has 1 unspecified atom stereocenters. The van der Waals surface area contributed by atoms with Crippen LogP contribution in [0.15, 0.2) is 28.6 Å². The second kappa shape index (κ2) is 8.10. The Balaban J connectivity index is 1.51. The molecular formula is C17H21FN4O2S2. The van der Waals surface area contributed by atoms with Gasteiger partial charge in [0.15, 0.2) is 5.13 Å². The van der Waals surface area contributed by atoms with Crippen molar-refractivity contribution < 1.29 is 14.3 Å². The number of thiazole rings is 1. The molecule has 0 spiro atoms. The van der Waals surface area contributed by atoms with E-state index in [1.54, 1.807) is 23.7 Å². The first-order valence-electron chi connectivity index (χ1n) is 8.74.